The fourth-order valence-electron chi connectivity index (χ4n) is 3.66. The minimum Gasteiger partial charge on any atom is -0.345 e. The molecule has 0 unspecified atom stereocenters. The lowest BCUT2D eigenvalue weighted by molar-refractivity contribution is -0.132. The van der Waals surface area contributed by atoms with Crippen LogP contribution in [0.1, 0.15) is 42.8 Å². The maximum Gasteiger partial charge on any atom is 0.228 e. The number of nitrogens with zero attached hydrogens (tertiary/aromatic N) is 5. The Morgan fingerprint density at radius 2 is 2.17 bits per heavy atom. The van der Waals surface area contributed by atoms with Gasteiger partial charge in [-0.05, 0) is 44.2 Å². The molecule has 2 aromatic rings. The Balaban J connectivity index is 1.41. The number of hydrogen-bond donors (Lipinski definition) is 0. The van der Waals surface area contributed by atoms with Gasteiger partial charge < -0.3 is 9.80 Å². The number of aryl methyl sites for hydroxylation is 1. The number of rotatable bonds is 8. The lowest BCUT2D eigenvalue weighted by atomic mass is 9.93. The summed E-state index contributed by atoms with van der Waals surface area (Å²) in [5.74, 6) is 0.554. The van der Waals surface area contributed by atoms with Crippen molar-refractivity contribution < 1.29 is 14.2 Å². The minimum absolute atomic E-state index is 0.0484. The third-order valence-corrected chi connectivity index (χ3v) is 5.56. The van der Waals surface area contributed by atoms with Crippen LogP contribution in [-0.4, -0.2) is 63.6 Å². The molecule has 0 radical (unpaired) electrons. The zero-order valence-electron chi connectivity index (χ0n) is 17.2. The van der Waals surface area contributed by atoms with Crippen LogP contribution < -0.4 is 0 Å². The highest BCUT2D eigenvalue weighted by atomic mass is 16.6. The Kier molecular flexibility index (Phi) is 7.32. The van der Waals surface area contributed by atoms with Crippen molar-refractivity contribution >= 4 is 11.8 Å². The lowest BCUT2D eigenvalue weighted by Crippen LogP contribution is -2.41. The van der Waals surface area contributed by atoms with Crippen LogP contribution in [0, 0.1) is 12.8 Å². The Morgan fingerprint density at radius 1 is 1.31 bits per heavy atom. The van der Waals surface area contributed by atoms with Gasteiger partial charge in [0.05, 0.1) is 6.42 Å². The molecule has 1 fully saturated rings. The number of likely N-dealkylation sites (tertiary alicyclic amines) is 1. The molecule has 0 saturated carbocycles. The average molecular weight is 399 g/mol. The van der Waals surface area contributed by atoms with Crippen molar-refractivity contribution in [1.82, 2.24) is 25.1 Å². The van der Waals surface area contributed by atoms with E-state index < -0.39 is 0 Å². The molecule has 29 heavy (non-hydrogen) atoms. The molecule has 0 aliphatic carbocycles. The molecule has 0 aromatic carbocycles. The van der Waals surface area contributed by atoms with Gasteiger partial charge in [0.1, 0.15) is 11.4 Å². The normalized spacial score (nSPS) is 16.6. The molecule has 1 aliphatic heterocycles. The van der Waals surface area contributed by atoms with Crippen molar-refractivity contribution in [1.29, 1.82) is 0 Å². The molecule has 1 atom stereocenters. The molecular weight excluding hydrogens is 370 g/mol. The largest absolute Gasteiger partial charge is 0.345 e. The van der Waals surface area contributed by atoms with Gasteiger partial charge in [0.2, 0.25) is 11.8 Å². The second kappa shape index (κ2) is 10.1. The number of hydrogen-bond acceptors (Lipinski definition) is 6. The van der Waals surface area contributed by atoms with Crippen molar-refractivity contribution in [2.75, 3.05) is 26.7 Å². The predicted octanol–water partition coefficient (Wildman–Crippen LogP) is 2.04. The summed E-state index contributed by atoms with van der Waals surface area (Å²) < 4.78 is 4.67. The Labute approximate surface area is 171 Å². The molecule has 0 N–H and O–H groups in total. The van der Waals surface area contributed by atoms with E-state index >= 15 is 0 Å². The standard InChI is InChI=1S/C21H29N5O3/c1-16-19(24-29-23-16)14-21(28)26-12-5-6-17(15-26)8-9-20(27)25(2)13-10-18-7-3-4-11-22-18/h3-4,7,11,17H,5-6,8-10,12-15H2,1-2H3/t17-/m1/s1. The lowest BCUT2D eigenvalue weighted by Gasteiger charge is -2.33. The third kappa shape index (κ3) is 6.10. The van der Waals surface area contributed by atoms with Gasteiger partial charge in [-0.25, -0.2) is 4.63 Å². The molecule has 1 saturated heterocycles. The van der Waals surface area contributed by atoms with Gasteiger partial charge in [-0.3, -0.25) is 14.6 Å². The Hall–Kier alpha value is -2.77. The Bertz CT molecular complexity index is 808. The third-order valence-electron chi connectivity index (χ3n) is 5.56. The average Bonchev–Trinajstić information content (AvgIpc) is 3.15. The van der Waals surface area contributed by atoms with Crippen LogP contribution in [0.2, 0.25) is 0 Å². The quantitative estimate of drug-likeness (QED) is 0.674. The van der Waals surface area contributed by atoms with Crippen molar-refractivity contribution in [3.05, 3.63) is 41.5 Å². The molecule has 156 valence electrons. The summed E-state index contributed by atoms with van der Waals surface area (Å²) in [4.78, 5) is 33.0. The maximum absolute atomic E-state index is 12.6. The monoisotopic (exact) mass is 399 g/mol. The Morgan fingerprint density at radius 3 is 2.90 bits per heavy atom. The predicted molar refractivity (Wildman–Crippen MR) is 107 cm³/mol. The van der Waals surface area contributed by atoms with Gasteiger partial charge in [0.15, 0.2) is 0 Å². The summed E-state index contributed by atoms with van der Waals surface area (Å²) >= 11 is 0. The summed E-state index contributed by atoms with van der Waals surface area (Å²) in [6.07, 6.45) is 6.09. The fraction of sp³-hybridized carbons (Fsp3) is 0.571. The van der Waals surface area contributed by atoms with Crippen molar-refractivity contribution in [2.45, 2.75) is 45.4 Å². The topological polar surface area (TPSA) is 92.4 Å². The second-order valence-corrected chi connectivity index (χ2v) is 7.75. The molecule has 2 amide bonds. The van der Waals surface area contributed by atoms with Gasteiger partial charge >= 0.3 is 0 Å². The van der Waals surface area contributed by atoms with Crippen molar-refractivity contribution in [2.24, 2.45) is 5.92 Å². The highest BCUT2D eigenvalue weighted by molar-refractivity contribution is 5.78. The first kappa shape index (κ1) is 21.0. The summed E-state index contributed by atoms with van der Waals surface area (Å²) in [6, 6.07) is 5.82. The zero-order chi connectivity index (χ0) is 20.6. The van der Waals surface area contributed by atoms with E-state index in [1.165, 1.54) is 0 Å². The van der Waals surface area contributed by atoms with E-state index in [1.54, 1.807) is 18.0 Å². The number of carbonyl (C=O) groups is 2. The summed E-state index contributed by atoms with van der Waals surface area (Å²) in [7, 11) is 1.84. The number of carbonyl (C=O) groups excluding carboxylic acids is 2. The highest BCUT2D eigenvalue weighted by Crippen LogP contribution is 2.22. The fourth-order valence-corrected chi connectivity index (χ4v) is 3.66. The first-order valence-electron chi connectivity index (χ1n) is 10.2. The van der Waals surface area contributed by atoms with Crippen LogP contribution in [0.3, 0.4) is 0 Å². The molecule has 8 nitrogen and oxygen atoms in total. The molecule has 2 aromatic heterocycles. The van der Waals surface area contributed by atoms with Gasteiger partial charge in [-0.2, -0.15) is 0 Å². The first-order chi connectivity index (χ1) is 14.0. The maximum atomic E-state index is 12.6. The smallest absolute Gasteiger partial charge is 0.228 e. The van der Waals surface area contributed by atoms with E-state index in [4.69, 9.17) is 0 Å². The summed E-state index contributed by atoms with van der Waals surface area (Å²) in [5.41, 5.74) is 2.25. The highest BCUT2D eigenvalue weighted by Gasteiger charge is 2.25. The van der Waals surface area contributed by atoms with Gasteiger partial charge in [0, 0.05) is 51.4 Å². The van der Waals surface area contributed by atoms with E-state index in [0.717, 1.165) is 37.9 Å². The molecular formula is C21H29N5O3. The van der Waals surface area contributed by atoms with Crippen molar-refractivity contribution in [3.63, 3.8) is 0 Å². The van der Waals surface area contributed by atoms with E-state index in [0.29, 0.717) is 36.8 Å². The second-order valence-electron chi connectivity index (χ2n) is 7.75. The SMILES string of the molecule is Cc1nonc1CC(=O)N1CCC[C@H](CCC(=O)N(C)CCc2ccccn2)C1. The molecule has 0 spiro atoms. The van der Waals surface area contributed by atoms with E-state index in [9.17, 15) is 9.59 Å². The molecule has 3 heterocycles. The van der Waals surface area contributed by atoms with Crippen LogP contribution in [0.25, 0.3) is 0 Å². The van der Waals surface area contributed by atoms with E-state index in [1.807, 2.05) is 30.1 Å². The molecule has 0 bridgehead atoms. The summed E-state index contributed by atoms with van der Waals surface area (Å²) in [6.45, 7) is 3.91. The van der Waals surface area contributed by atoms with Crippen LogP contribution in [0.5, 0.6) is 0 Å². The zero-order valence-corrected chi connectivity index (χ0v) is 17.2. The van der Waals surface area contributed by atoms with Crippen LogP contribution in [0.4, 0.5) is 0 Å². The van der Waals surface area contributed by atoms with Crippen LogP contribution in [-0.2, 0) is 22.4 Å². The van der Waals surface area contributed by atoms with E-state index in [2.05, 4.69) is 19.9 Å². The minimum atomic E-state index is 0.0484. The molecule has 1 aliphatic rings. The van der Waals surface area contributed by atoms with Gasteiger partial charge in [-0.1, -0.05) is 16.4 Å². The number of amides is 2. The van der Waals surface area contributed by atoms with E-state index in [-0.39, 0.29) is 18.2 Å². The molecule has 8 heteroatoms. The van der Waals surface area contributed by atoms with Crippen LogP contribution >= 0.6 is 0 Å². The number of pyridine rings is 1. The van der Waals surface area contributed by atoms with Crippen molar-refractivity contribution in [3.8, 4) is 0 Å². The molecule has 3 rings (SSSR count). The number of likely N-dealkylation sites (N-methyl/N-ethyl adjacent to an activating group) is 1. The van der Waals surface area contributed by atoms with Gasteiger partial charge in [0.25, 0.3) is 0 Å². The number of piperidine rings is 1. The first-order valence-corrected chi connectivity index (χ1v) is 10.2. The van der Waals surface area contributed by atoms with Crippen LogP contribution in [0.15, 0.2) is 29.0 Å². The summed E-state index contributed by atoms with van der Waals surface area (Å²) in [5, 5.41) is 7.53. The van der Waals surface area contributed by atoms with Gasteiger partial charge in [-0.15, -0.1) is 0 Å². The number of aromatic nitrogens is 3.